The largest absolute Gasteiger partial charge is 0.310 e. The van der Waals surface area contributed by atoms with Gasteiger partial charge in [0, 0.05) is 22.9 Å². The number of anilines is 1. The normalized spacial score (nSPS) is 15.6. The van der Waals surface area contributed by atoms with E-state index in [4.69, 9.17) is 11.6 Å². The molecule has 3 aromatic rings. The third kappa shape index (κ3) is 3.17. The van der Waals surface area contributed by atoms with E-state index in [2.05, 4.69) is 0 Å². The quantitative estimate of drug-likeness (QED) is 0.687. The Labute approximate surface area is 162 Å². The van der Waals surface area contributed by atoms with Crippen molar-refractivity contribution < 1.29 is 4.79 Å². The van der Waals surface area contributed by atoms with E-state index in [-0.39, 0.29) is 23.1 Å². The summed E-state index contributed by atoms with van der Waals surface area (Å²) in [5.74, 6) is -0.258. The molecule has 1 aliphatic heterocycles. The number of para-hydroxylation sites is 1. The topological polar surface area (TPSA) is 42.3 Å². The van der Waals surface area contributed by atoms with Crippen molar-refractivity contribution in [2.45, 2.75) is 25.9 Å². The van der Waals surface area contributed by atoms with E-state index >= 15 is 0 Å². The molecule has 1 aliphatic rings. The fraction of sp³-hybridized carbons (Fsp3) is 0.182. The molecule has 1 atom stereocenters. The highest BCUT2D eigenvalue weighted by atomic mass is 35.5. The van der Waals surface area contributed by atoms with E-state index in [9.17, 15) is 9.59 Å². The van der Waals surface area contributed by atoms with Crippen molar-refractivity contribution >= 4 is 23.2 Å². The monoisotopic (exact) mass is 378 g/mol. The number of amides is 1. The summed E-state index contributed by atoms with van der Waals surface area (Å²) in [7, 11) is 0. The zero-order valence-corrected chi connectivity index (χ0v) is 15.7. The van der Waals surface area contributed by atoms with Crippen LogP contribution in [0.25, 0.3) is 0 Å². The number of benzene rings is 2. The van der Waals surface area contributed by atoms with E-state index in [1.54, 1.807) is 29.3 Å². The Balaban J connectivity index is 1.70. The van der Waals surface area contributed by atoms with Gasteiger partial charge in [-0.25, -0.2) is 0 Å². The summed E-state index contributed by atoms with van der Waals surface area (Å²) < 4.78 is 1.53. The molecule has 27 heavy (non-hydrogen) atoms. The Hall–Kier alpha value is -2.85. The Morgan fingerprint density at radius 3 is 2.63 bits per heavy atom. The van der Waals surface area contributed by atoms with Gasteiger partial charge in [0.05, 0.1) is 6.54 Å². The lowest BCUT2D eigenvalue weighted by Crippen LogP contribution is -2.39. The Morgan fingerprint density at radius 1 is 1.07 bits per heavy atom. The van der Waals surface area contributed by atoms with Crippen LogP contribution in [-0.2, 0) is 13.0 Å². The van der Waals surface area contributed by atoms with Crippen molar-refractivity contribution in [3.05, 3.63) is 98.9 Å². The molecule has 136 valence electrons. The Kier molecular flexibility index (Phi) is 4.58. The summed E-state index contributed by atoms with van der Waals surface area (Å²) in [6.45, 7) is 2.33. The van der Waals surface area contributed by atoms with Crippen LogP contribution in [0, 0.1) is 0 Å². The van der Waals surface area contributed by atoms with Crippen LogP contribution in [0.3, 0.4) is 0 Å². The lowest BCUT2D eigenvalue weighted by atomic mass is 10.1. The maximum Gasteiger partial charge on any atom is 0.264 e. The first-order valence-electron chi connectivity index (χ1n) is 8.90. The van der Waals surface area contributed by atoms with Crippen LogP contribution in [0.1, 0.15) is 28.4 Å². The van der Waals surface area contributed by atoms with E-state index in [0.29, 0.717) is 11.6 Å². The highest BCUT2D eigenvalue weighted by Crippen LogP contribution is 2.32. The number of aromatic nitrogens is 1. The van der Waals surface area contributed by atoms with Crippen molar-refractivity contribution in [1.29, 1.82) is 0 Å². The fourth-order valence-electron chi connectivity index (χ4n) is 3.64. The molecule has 5 heteroatoms. The number of nitrogens with zero attached hydrogens (tertiary/aromatic N) is 2. The van der Waals surface area contributed by atoms with Gasteiger partial charge < -0.3 is 9.47 Å². The van der Waals surface area contributed by atoms with Gasteiger partial charge >= 0.3 is 0 Å². The molecule has 0 saturated carbocycles. The van der Waals surface area contributed by atoms with Gasteiger partial charge in [-0.15, -0.1) is 0 Å². The summed E-state index contributed by atoms with van der Waals surface area (Å²) in [6, 6.07) is 18.6. The van der Waals surface area contributed by atoms with Crippen LogP contribution in [0.2, 0.25) is 5.02 Å². The first-order valence-corrected chi connectivity index (χ1v) is 9.28. The Morgan fingerprint density at radius 2 is 1.81 bits per heavy atom. The number of halogens is 1. The summed E-state index contributed by atoms with van der Waals surface area (Å²) in [4.78, 5) is 27.9. The minimum absolute atomic E-state index is 0.0199. The molecule has 0 fully saturated rings. The zero-order chi connectivity index (χ0) is 19.0. The maximum atomic E-state index is 13.2. The van der Waals surface area contributed by atoms with Gasteiger partial charge in [-0.05, 0) is 48.7 Å². The van der Waals surface area contributed by atoms with Crippen LogP contribution in [0.5, 0.6) is 0 Å². The molecule has 0 N–H and O–H groups in total. The van der Waals surface area contributed by atoms with Gasteiger partial charge in [-0.3, -0.25) is 9.59 Å². The standard InChI is InChI=1S/C22H19ClN2O2/c1-15-13-16-7-3-5-11-20(16)25(15)22(27)18-9-6-12-24(21(18)26)14-17-8-2-4-10-19(17)23/h2-12,15H,13-14H2,1H3/t15-/m1/s1. The first-order chi connectivity index (χ1) is 13.1. The molecule has 0 radical (unpaired) electrons. The third-order valence-corrected chi connectivity index (χ3v) is 5.34. The number of hydrogen-bond acceptors (Lipinski definition) is 2. The second-order valence-corrected chi connectivity index (χ2v) is 7.21. The number of fused-ring (bicyclic) bond motifs is 1. The predicted octanol–water partition coefficient (Wildman–Crippen LogP) is 4.14. The molecule has 0 bridgehead atoms. The average molecular weight is 379 g/mol. The smallest absolute Gasteiger partial charge is 0.264 e. The second-order valence-electron chi connectivity index (χ2n) is 6.80. The fourth-order valence-corrected chi connectivity index (χ4v) is 3.83. The van der Waals surface area contributed by atoms with Gasteiger partial charge in [-0.2, -0.15) is 0 Å². The molecular weight excluding hydrogens is 360 g/mol. The number of rotatable bonds is 3. The van der Waals surface area contributed by atoms with E-state index in [1.807, 2.05) is 49.4 Å². The molecule has 4 nitrogen and oxygen atoms in total. The zero-order valence-electron chi connectivity index (χ0n) is 14.9. The maximum absolute atomic E-state index is 13.2. The van der Waals surface area contributed by atoms with E-state index < -0.39 is 0 Å². The molecular formula is C22H19ClN2O2. The molecule has 0 aliphatic carbocycles. The van der Waals surface area contributed by atoms with Crippen molar-refractivity contribution in [3.63, 3.8) is 0 Å². The predicted molar refractivity (Wildman–Crippen MR) is 108 cm³/mol. The highest BCUT2D eigenvalue weighted by molar-refractivity contribution is 6.31. The van der Waals surface area contributed by atoms with Crippen molar-refractivity contribution in [3.8, 4) is 0 Å². The van der Waals surface area contributed by atoms with Crippen LogP contribution < -0.4 is 10.5 Å². The van der Waals surface area contributed by atoms with Crippen LogP contribution in [0.4, 0.5) is 5.69 Å². The third-order valence-electron chi connectivity index (χ3n) is 4.98. The van der Waals surface area contributed by atoms with E-state index in [0.717, 1.165) is 23.2 Å². The molecule has 0 saturated heterocycles. The van der Waals surface area contributed by atoms with Crippen molar-refractivity contribution in [2.24, 2.45) is 0 Å². The van der Waals surface area contributed by atoms with Crippen LogP contribution in [0.15, 0.2) is 71.7 Å². The van der Waals surface area contributed by atoms with E-state index in [1.165, 1.54) is 4.57 Å². The second kappa shape index (κ2) is 7.05. The van der Waals surface area contributed by atoms with Crippen molar-refractivity contribution in [1.82, 2.24) is 4.57 Å². The van der Waals surface area contributed by atoms with Crippen LogP contribution in [-0.4, -0.2) is 16.5 Å². The summed E-state index contributed by atoms with van der Waals surface area (Å²) in [5.41, 5.74) is 2.72. The first kappa shape index (κ1) is 17.6. The lowest BCUT2D eigenvalue weighted by molar-refractivity contribution is 0.0979. The molecule has 1 aromatic heterocycles. The van der Waals surface area contributed by atoms with Crippen LogP contribution >= 0.6 is 11.6 Å². The number of hydrogen-bond donors (Lipinski definition) is 0. The molecule has 2 aromatic carbocycles. The molecule has 4 rings (SSSR count). The molecule has 0 unspecified atom stereocenters. The summed E-state index contributed by atoms with van der Waals surface area (Å²) >= 11 is 6.22. The summed E-state index contributed by atoms with van der Waals surface area (Å²) in [5, 5.41) is 0.600. The number of carbonyl (C=O) groups is 1. The van der Waals surface area contributed by atoms with Crippen molar-refractivity contribution in [2.75, 3.05) is 4.90 Å². The molecule has 0 spiro atoms. The lowest BCUT2D eigenvalue weighted by Gasteiger charge is -2.22. The Bertz CT molecular complexity index is 1070. The van der Waals surface area contributed by atoms with Gasteiger partial charge in [-0.1, -0.05) is 48.0 Å². The molecule has 2 heterocycles. The minimum atomic E-state index is -0.306. The SMILES string of the molecule is C[C@@H]1Cc2ccccc2N1C(=O)c1cccn(Cc2ccccc2Cl)c1=O. The number of pyridine rings is 1. The summed E-state index contributed by atoms with van der Waals surface area (Å²) in [6.07, 6.45) is 2.48. The van der Waals surface area contributed by atoms with Gasteiger partial charge in [0.2, 0.25) is 0 Å². The minimum Gasteiger partial charge on any atom is -0.310 e. The highest BCUT2D eigenvalue weighted by Gasteiger charge is 2.32. The molecule has 1 amide bonds. The van der Waals surface area contributed by atoms with Gasteiger partial charge in [0.1, 0.15) is 5.56 Å². The van der Waals surface area contributed by atoms with Gasteiger partial charge in [0.25, 0.3) is 11.5 Å². The number of carbonyl (C=O) groups excluding carboxylic acids is 1. The van der Waals surface area contributed by atoms with Gasteiger partial charge in [0.15, 0.2) is 0 Å². The average Bonchev–Trinajstić information content (AvgIpc) is 3.00.